The average molecular weight is 407 g/mol. The number of likely N-dealkylation sites (tertiary alicyclic amines) is 1. The minimum absolute atomic E-state index is 0.489. The lowest BCUT2D eigenvalue weighted by Gasteiger charge is -2.32. The van der Waals surface area contributed by atoms with E-state index < -0.39 is 0 Å². The van der Waals surface area contributed by atoms with E-state index in [4.69, 9.17) is 16.7 Å². The summed E-state index contributed by atoms with van der Waals surface area (Å²) >= 11 is 6.40. The van der Waals surface area contributed by atoms with E-state index in [9.17, 15) is 0 Å². The number of nitrogens with zero attached hydrogens (tertiary/aromatic N) is 3. The fraction of sp³-hybridized carbons (Fsp3) is 0.375. The van der Waals surface area contributed by atoms with Crippen molar-refractivity contribution in [1.82, 2.24) is 14.7 Å². The van der Waals surface area contributed by atoms with E-state index >= 15 is 0 Å². The molecular weight excluding hydrogens is 380 g/mol. The van der Waals surface area contributed by atoms with Crippen molar-refractivity contribution < 1.29 is 0 Å². The van der Waals surface area contributed by atoms with E-state index in [1.807, 2.05) is 13.0 Å². The standard InChI is InChI=1S/C24H27ClN4/c1-17-9-10-20(14-22(17)25)29-24-21(11-12-26-24)23(27-29)19-8-5-13-28(16-19)15-18-6-3-2-4-7-18/h2-4,6-7,9-10,14,19,26H,5,8,11-13,15-16H2,1H3. The normalized spacial score (nSPS) is 19.2. The van der Waals surface area contributed by atoms with Crippen LogP contribution in [0, 0.1) is 6.92 Å². The molecule has 1 atom stereocenters. The van der Waals surface area contributed by atoms with Gasteiger partial charge in [0.2, 0.25) is 0 Å². The van der Waals surface area contributed by atoms with Crippen LogP contribution < -0.4 is 5.32 Å². The van der Waals surface area contributed by atoms with Gasteiger partial charge in [-0.15, -0.1) is 0 Å². The van der Waals surface area contributed by atoms with Crippen LogP contribution in [0.15, 0.2) is 48.5 Å². The predicted octanol–water partition coefficient (Wildman–Crippen LogP) is 5.18. The molecule has 0 spiro atoms. The Morgan fingerprint density at radius 1 is 1.17 bits per heavy atom. The number of piperidine rings is 1. The lowest BCUT2D eigenvalue weighted by Crippen LogP contribution is -2.34. The maximum absolute atomic E-state index is 6.40. The monoisotopic (exact) mass is 406 g/mol. The van der Waals surface area contributed by atoms with Crippen molar-refractivity contribution in [2.45, 2.75) is 38.6 Å². The number of hydrogen-bond donors (Lipinski definition) is 1. The Hall–Kier alpha value is -2.30. The fourth-order valence-electron chi connectivity index (χ4n) is 4.69. The summed E-state index contributed by atoms with van der Waals surface area (Å²) < 4.78 is 2.07. The third-order valence-electron chi connectivity index (χ3n) is 6.22. The highest BCUT2D eigenvalue weighted by molar-refractivity contribution is 6.31. The lowest BCUT2D eigenvalue weighted by molar-refractivity contribution is 0.198. The molecular formula is C24H27ClN4. The second kappa shape index (κ2) is 7.85. The summed E-state index contributed by atoms with van der Waals surface area (Å²) in [7, 11) is 0. The largest absolute Gasteiger partial charge is 0.369 e. The number of hydrogen-bond acceptors (Lipinski definition) is 3. The zero-order valence-electron chi connectivity index (χ0n) is 16.9. The average Bonchev–Trinajstić information content (AvgIpc) is 3.34. The smallest absolute Gasteiger partial charge is 0.133 e. The molecule has 5 rings (SSSR count). The zero-order chi connectivity index (χ0) is 19.8. The first-order valence-electron chi connectivity index (χ1n) is 10.6. The Balaban J connectivity index is 1.43. The quantitative estimate of drug-likeness (QED) is 0.647. The number of halogens is 1. The van der Waals surface area contributed by atoms with Crippen LogP contribution in [0.4, 0.5) is 5.82 Å². The summed E-state index contributed by atoms with van der Waals surface area (Å²) in [6.45, 7) is 6.28. The number of nitrogens with one attached hydrogen (secondary N) is 1. The highest BCUT2D eigenvalue weighted by Gasteiger charge is 2.30. The zero-order valence-corrected chi connectivity index (χ0v) is 17.6. The first kappa shape index (κ1) is 18.7. The van der Waals surface area contributed by atoms with E-state index in [-0.39, 0.29) is 0 Å². The van der Waals surface area contributed by atoms with Crippen LogP contribution >= 0.6 is 11.6 Å². The van der Waals surface area contributed by atoms with Crippen LogP contribution in [0.3, 0.4) is 0 Å². The van der Waals surface area contributed by atoms with Gasteiger partial charge in [0.15, 0.2) is 0 Å². The summed E-state index contributed by atoms with van der Waals surface area (Å²) in [5.74, 6) is 1.64. The van der Waals surface area contributed by atoms with Crippen molar-refractivity contribution >= 4 is 17.4 Å². The van der Waals surface area contributed by atoms with Crippen molar-refractivity contribution in [3.63, 3.8) is 0 Å². The molecule has 3 aromatic rings. The van der Waals surface area contributed by atoms with Crippen molar-refractivity contribution in [2.24, 2.45) is 0 Å². The molecule has 1 fully saturated rings. The molecule has 0 radical (unpaired) electrons. The fourth-order valence-corrected chi connectivity index (χ4v) is 4.87. The van der Waals surface area contributed by atoms with Crippen LogP contribution in [0.5, 0.6) is 0 Å². The van der Waals surface area contributed by atoms with E-state index in [0.29, 0.717) is 5.92 Å². The Bertz CT molecular complexity index is 1010. The van der Waals surface area contributed by atoms with Gasteiger partial charge in [-0.1, -0.05) is 48.0 Å². The molecule has 2 aromatic carbocycles. The van der Waals surface area contributed by atoms with E-state index in [1.165, 1.54) is 36.2 Å². The molecule has 0 aliphatic carbocycles. The summed E-state index contributed by atoms with van der Waals surface area (Å²) in [6, 6.07) is 17.0. The molecule has 2 aliphatic rings. The second-order valence-electron chi connectivity index (χ2n) is 8.29. The molecule has 1 N–H and O–H groups in total. The van der Waals surface area contributed by atoms with Crippen LogP contribution in [0.25, 0.3) is 5.69 Å². The van der Waals surface area contributed by atoms with Gasteiger partial charge >= 0.3 is 0 Å². The molecule has 1 unspecified atom stereocenters. The van der Waals surface area contributed by atoms with Gasteiger partial charge in [0.05, 0.1) is 11.4 Å². The van der Waals surface area contributed by atoms with Gasteiger partial charge in [0.25, 0.3) is 0 Å². The molecule has 0 amide bonds. The van der Waals surface area contributed by atoms with Gasteiger partial charge in [-0.3, -0.25) is 4.90 Å². The van der Waals surface area contributed by atoms with Gasteiger partial charge in [0.1, 0.15) is 5.82 Å². The summed E-state index contributed by atoms with van der Waals surface area (Å²) in [5, 5.41) is 9.45. The highest BCUT2D eigenvalue weighted by Crippen LogP contribution is 2.37. The number of aromatic nitrogens is 2. The number of fused-ring (bicyclic) bond motifs is 1. The van der Waals surface area contributed by atoms with Gasteiger partial charge in [-0.2, -0.15) is 5.10 Å². The number of aryl methyl sites for hydroxylation is 1. The topological polar surface area (TPSA) is 33.1 Å². The number of benzene rings is 2. The van der Waals surface area contributed by atoms with E-state index in [2.05, 4.69) is 57.4 Å². The Kier molecular flexibility index (Phi) is 5.06. The van der Waals surface area contributed by atoms with Crippen molar-refractivity contribution in [1.29, 1.82) is 0 Å². The number of rotatable bonds is 4. The van der Waals surface area contributed by atoms with Gasteiger partial charge in [-0.05, 0) is 56.0 Å². The van der Waals surface area contributed by atoms with Crippen LogP contribution in [-0.4, -0.2) is 34.3 Å². The molecule has 4 nitrogen and oxygen atoms in total. The summed E-state index contributed by atoms with van der Waals surface area (Å²) in [4.78, 5) is 2.58. The molecule has 1 saturated heterocycles. The van der Waals surface area contributed by atoms with Crippen LogP contribution in [0.2, 0.25) is 5.02 Å². The first-order chi connectivity index (χ1) is 14.2. The van der Waals surface area contributed by atoms with Crippen LogP contribution in [-0.2, 0) is 13.0 Å². The maximum Gasteiger partial charge on any atom is 0.133 e. The molecule has 0 saturated carbocycles. The van der Waals surface area contributed by atoms with Crippen LogP contribution in [0.1, 0.15) is 41.1 Å². The van der Waals surface area contributed by atoms with E-state index in [0.717, 1.165) is 48.1 Å². The first-order valence-corrected chi connectivity index (χ1v) is 11.0. The SMILES string of the molecule is Cc1ccc(-n2nc(C3CCCN(Cc4ccccc4)C3)c3c2NCC3)cc1Cl. The predicted molar refractivity (Wildman–Crippen MR) is 119 cm³/mol. The second-order valence-corrected chi connectivity index (χ2v) is 8.70. The van der Waals surface area contributed by atoms with Gasteiger partial charge in [-0.25, -0.2) is 4.68 Å². The Morgan fingerprint density at radius 2 is 2.03 bits per heavy atom. The molecule has 0 bridgehead atoms. The molecule has 2 aliphatic heterocycles. The van der Waals surface area contributed by atoms with Crippen molar-refractivity contribution in [3.8, 4) is 5.69 Å². The van der Waals surface area contributed by atoms with Gasteiger partial charge in [0, 0.05) is 36.1 Å². The molecule has 1 aromatic heterocycles. The maximum atomic E-state index is 6.40. The summed E-state index contributed by atoms with van der Waals surface area (Å²) in [5.41, 5.74) is 6.19. The van der Waals surface area contributed by atoms with E-state index in [1.54, 1.807) is 0 Å². The Morgan fingerprint density at radius 3 is 2.86 bits per heavy atom. The van der Waals surface area contributed by atoms with Crippen molar-refractivity contribution in [2.75, 3.05) is 25.0 Å². The Labute approximate surface area is 177 Å². The third kappa shape index (κ3) is 3.67. The molecule has 150 valence electrons. The van der Waals surface area contributed by atoms with Crippen molar-refractivity contribution in [3.05, 3.63) is 75.9 Å². The molecule has 29 heavy (non-hydrogen) atoms. The minimum Gasteiger partial charge on any atom is -0.369 e. The third-order valence-corrected chi connectivity index (χ3v) is 6.63. The lowest BCUT2D eigenvalue weighted by atomic mass is 9.91. The molecule has 5 heteroatoms. The number of anilines is 1. The minimum atomic E-state index is 0.489. The van der Waals surface area contributed by atoms with Gasteiger partial charge < -0.3 is 5.32 Å². The molecule has 3 heterocycles. The summed E-state index contributed by atoms with van der Waals surface area (Å²) in [6.07, 6.45) is 3.49. The highest BCUT2D eigenvalue weighted by atomic mass is 35.5.